The van der Waals surface area contributed by atoms with E-state index in [1.54, 1.807) is 25.4 Å². The van der Waals surface area contributed by atoms with Crippen molar-refractivity contribution in [2.24, 2.45) is 0 Å². The Kier molecular flexibility index (Phi) is 5.33. The van der Waals surface area contributed by atoms with Gasteiger partial charge in [0.05, 0.1) is 24.5 Å². The van der Waals surface area contributed by atoms with Crippen LogP contribution in [0, 0.1) is 5.82 Å². The van der Waals surface area contributed by atoms with Crippen molar-refractivity contribution in [1.29, 1.82) is 0 Å². The van der Waals surface area contributed by atoms with Gasteiger partial charge in [-0.05, 0) is 72.9 Å². The molecule has 0 saturated carbocycles. The third-order valence-corrected chi connectivity index (χ3v) is 5.96. The predicted molar refractivity (Wildman–Crippen MR) is 127 cm³/mol. The molecule has 2 aromatic carbocycles. The zero-order valence-corrected chi connectivity index (χ0v) is 18.2. The summed E-state index contributed by atoms with van der Waals surface area (Å²) in [6.07, 6.45) is 3.64. The molecular weight excluding hydrogens is 423 g/mol. The van der Waals surface area contributed by atoms with Crippen molar-refractivity contribution >= 4 is 23.0 Å². The Labute approximate surface area is 191 Å². The van der Waals surface area contributed by atoms with Crippen LogP contribution in [0.15, 0.2) is 91.3 Å². The lowest BCUT2D eigenvalue weighted by molar-refractivity contribution is 0.415. The van der Waals surface area contributed by atoms with Gasteiger partial charge in [-0.3, -0.25) is 4.98 Å². The van der Waals surface area contributed by atoms with Gasteiger partial charge in [-0.25, -0.2) is 4.39 Å². The number of ether oxygens (including phenoxy) is 1. The summed E-state index contributed by atoms with van der Waals surface area (Å²) in [4.78, 5) is 6.63. The molecule has 1 saturated heterocycles. The molecule has 0 spiro atoms. The van der Waals surface area contributed by atoms with Gasteiger partial charge < -0.3 is 19.5 Å². The number of thiocarbonyl (C=S) groups is 1. The quantitative estimate of drug-likeness (QED) is 0.429. The lowest BCUT2D eigenvalue weighted by Gasteiger charge is -2.29. The monoisotopic (exact) mass is 444 g/mol. The highest BCUT2D eigenvalue weighted by molar-refractivity contribution is 7.80. The average Bonchev–Trinajstić information content (AvgIpc) is 3.44. The summed E-state index contributed by atoms with van der Waals surface area (Å²) in [6, 6.07) is 23.8. The van der Waals surface area contributed by atoms with Crippen molar-refractivity contribution in [3.05, 3.63) is 108 Å². The molecule has 0 bridgehead atoms. The smallest absolute Gasteiger partial charge is 0.174 e. The fourth-order valence-electron chi connectivity index (χ4n) is 4.18. The molecule has 1 N–H and O–H groups in total. The molecule has 0 unspecified atom stereocenters. The average molecular weight is 445 g/mol. The number of anilines is 1. The lowest BCUT2D eigenvalue weighted by atomic mass is 10.0. The Balaban J connectivity index is 1.66. The van der Waals surface area contributed by atoms with Gasteiger partial charge >= 0.3 is 0 Å². The number of benzene rings is 2. The molecule has 160 valence electrons. The Morgan fingerprint density at radius 3 is 2.47 bits per heavy atom. The first kappa shape index (κ1) is 20.2. The molecule has 0 aliphatic carbocycles. The summed E-state index contributed by atoms with van der Waals surface area (Å²) in [5.41, 5.74) is 3.15. The second-order valence-electron chi connectivity index (χ2n) is 7.45. The number of pyridine rings is 1. The molecule has 2 atom stereocenters. The van der Waals surface area contributed by atoms with Crippen molar-refractivity contribution in [3.8, 4) is 11.4 Å². The van der Waals surface area contributed by atoms with Crippen molar-refractivity contribution in [2.75, 3.05) is 12.0 Å². The summed E-state index contributed by atoms with van der Waals surface area (Å²) in [5.74, 6) is 0.475. The van der Waals surface area contributed by atoms with Crippen LogP contribution in [0.3, 0.4) is 0 Å². The molecule has 5 nitrogen and oxygen atoms in total. The van der Waals surface area contributed by atoms with E-state index in [0.717, 1.165) is 22.8 Å². The maximum atomic E-state index is 14.7. The number of nitrogens with zero attached hydrogens (tertiary/aromatic N) is 3. The maximum Gasteiger partial charge on any atom is 0.174 e. The first-order valence-electron chi connectivity index (χ1n) is 10.2. The molecule has 1 aliphatic rings. The van der Waals surface area contributed by atoms with Gasteiger partial charge in [0.25, 0.3) is 0 Å². The van der Waals surface area contributed by atoms with Crippen LogP contribution in [0.2, 0.25) is 0 Å². The van der Waals surface area contributed by atoms with Crippen molar-refractivity contribution in [2.45, 2.75) is 12.1 Å². The van der Waals surface area contributed by atoms with E-state index in [9.17, 15) is 4.39 Å². The van der Waals surface area contributed by atoms with Crippen LogP contribution in [0.5, 0.6) is 5.75 Å². The normalized spacial score (nSPS) is 17.9. The summed E-state index contributed by atoms with van der Waals surface area (Å²) in [7, 11) is 1.64. The first-order valence-corrected chi connectivity index (χ1v) is 10.6. The van der Waals surface area contributed by atoms with Crippen molar-refractivity contribution in [3.63, 3.8) is 0 Å². The highest BCUT2D eigenvalue weighted by atomic mass is 32.1. The molecule has 3 heterocycles. The first-order chi connectivity index (χ1) is 15.7. The largest absolute Gasteiger partial charge is 0.497 e. The standard InChI is InChI=1S/C25H21FN4OS/c1-31-18-13-11-17(12-14-18)30-24(23(28-25(30)32)20-8-4-5-15-27-20)22-10-6-16-29(22)21-9-3-2-7-19(21)26/h2-16,23-24H,1H3,(H,28,32)/t23-,24+/m1/s1. The zero-order chi connectivity index (χ0) is 22.1. The SMILES string of the molecule is COc1ccc(N2C(=S)N[C@H](c3ccccn3)[C@@H]2c2cccn2-c2ccccc2F)cc1. The van der Waals surface area contributed by atoms with E-state index in [2.05, 4.69) is 15.2 Å². The van der Waals surface area contributed by atoms with E-state index in [1.165, 1.54) is 6.07 Å². The molecule has 0 amide bonds. The second kappa shape index (κ2) is 8.43. The van der Waals surface area contributed by atoms with E-state index in [4.69, 9.17) is 17.0 Å². The molecule has 1 aliphatic heterocycles. The Hall–Kier alpha value is -3.71. The highest BCUT2D eigenvalue weighted by Gasteiger charge is 2.42. The second-order valence-corrected chi connectivity index (χ2v) is 7.84. The molecule has 5 rings (SSSR count). The molecule has 2 aromatic heterocycles. The van der Waals surface area contributed by atoms with Gasteiger partial charge in [-0.15, -0.1) is 0 Å². The predicted octanol–water partition coefficient (Wildman–Crippen LogP) is 5.20. The van der Waals surface area contributed by atoms with Gasteiger partial charge in [0.1, 0.15) is 17.6 Å². The van der Waals surface area contributed by atoms with E-state index in [0.29, 0.717) is 10.8 Å². The van der Waals surface area contributed by atoms with E-state index < -0.39 is 0 Å². The van der Waals surface area contributed by atoms with Crippen LogP contribution in [0.25, 0.3) is 5.69 Å². The van der Waals surface area contributed by atoms with Gasteiger partial charge in [-0.2, -0.15) is 0 Å². The number of halogens is 1. The minimum atomic E-state index is -0.288. The number of methoxy groups -OCH3 is 1. The Bertz CT molecular complexity index is 1240. The molecule has 1 fully saturated rings. The van der Waals surface area contributed by atoms with Crippen LogP contribution >= 0.6 is 12.2 Å². The Morgan fingerprint density at radius 1 is 0.969 bits per heavy atom. The third-order valence-electron chi connectivity index (χ3n) is 5.64. The summed E-state index contributed by atoms with van der Waals surface area (Å²) in [5, 5.41) is 4.02. The molecule has 32 heavy (non-hydrogen) atoms. The minimum Gasteiger partial charge on any atom is -0.497 e. The summed E-state index contributed by atoms with van der Waals surface area (Å²) in [6.45, 7) is 0. The topological polar surface area (TPSA) is 42.3 Å². The molecule has 4 aromatic rings. The highest BCUT2D eigenvalue weighted by Crippen LogP contribution is 2.42. The number of rotatable bonds is 5. The van der Waals surface area contributed by atoms with Gasteiger partial charge in [-0.1, -0.05) is 18.2 Å². The number of aromatic nitrogens is 2. The number of hydrogen-bond donors (Lipinski definition) is 1. The van der Waals surface area contributed by atoms with Crippen LogP contribution in [0.4, 0.5) is 10.1 Å². The zero-order valence-electron chi connectivity index (χ0n) is 17.4. The third kappa shape index (κ3) is 3.50. The van der Waals surface area contributed by atoms with Gasteiger partial charge in [0.2, 0.25) is 0 Å². The van der Waals surface area contributed by atoms with E-state index in [1.807, 2.05) is 71.4 Å². The fraction of sp³-hybridized carbons (Fsp3) is 0.120. The van der Waals surface area contributed by atoms with Gasteiger partial charge in [0.15, 0.2) is 5.11 Å². The molecule has 0 radical (unpaired) electrons. The summed E-state index contributed by atoms with van der Waals surface area (Å²) >= 11 is 5.77. The number of para-hydroxylation sites is 1. The van der Waals surface area contributed by atoms with Crippen LogP contribution in [-0.4, -0.2) is 21.8 Å². The fourth-order valence-corrected chi connectivity index (χ4v) is 4.52. The van der Waals surface area contributed by atoms with E-state index >= 15 is 0 Å². The summed E-state index contributed by atoms with van der Waals surface area (Å²) < 4.78 is 21.9. The van der Waals surface area contributed by atoms with Crippen LogP contribution in [0.1, 0.15) is 23.5 Å². The molecule has 7 heteroatoms. The van der Waals surface area contributed by atoms with Gasteiger partial charge in [0, 0.05) is 23.8 Å². The van der Waals surface area contributed by atoms with E-state index in [-0.39, 0.29) is 17.9 Å². The number of nitrogens with one attached hydrogen (secondary N) is 1. The maximum absolute atomic E-state index is 14.7. The minimum absolute atomic E-state index is 0.216. The van der Waals surface area contributed by atoms with Crippen molar-refractivity contribution < 1.29 is 9.13 Å². The van der Waals surface area contributed by atoms with Crippen LogP contribution < -0.4 is 15.0 Å². The lowest BCUT2D eigenvalue weighted by Crippen LogP contribution is -2.30. The van der Waals surface area contributed by atoms with Crippen LogP contribution in [-0.2, 0) is 0 Å². The Morgan fingerprint density at radius 2 is 1.75 bits per heavy atom. The van der Waals surface area contributed by atoms with Crippen molar-refractivity contribution in [1.82, 2.24) is 14.9 Å². The molecular formula is C25H21FN4OS. The number of hydrogen-bond acceptors (Lipinski definition) is 3.